The van der Waals surface area contributed by atoms with Gasteiger partial charge in [0.1, 0.15) is 0 Å². The Balaban J connectivity index is 2.61. The number of anilines is 1. The van der Waals surface area contributed by atoms with Crippen molar-refractivity contribution in [2.45, 2.75) is 33.2 Å². The van der Waals surface area contributed by atoms with Crippen LogP contribution in [0, 0.1) is 12.8 Å². The Hall–Kier alpha value is -1.42. The summed E-state index contributed by atoms with van der Waals surface area (Å²) < 4.78 is 0. The normalized spacial score (nSPS) is 12.6. The molecule has 0 saturated heterocycles. The van der Waals surface area contributed by atoms with Gasteiger partial charge in [0.25, 0.3) is 0 Å². The van der Waals surface area contributed by atoms with Gasteiger partial charge < -0.3 is 11.1 Å². The molecule has 0 unspecified atom stereocenters. The number of pyridine rings is 1. The third kappa shape index (κ3) is 3.62. The number of hydrogen-bond donors (Lipinski definition) is 2. The SMILES string of the molecule is Cc1cnccc1NC(=O)[C@H](N)CC(C)C. The molecule has 4 nitrogen and oxygen atoms in total. The summed E-state index contributed by atoms with van der Waals surface area (Å²) in [6.07, 6.45) is 4.05. The third-order valence-electron chi connectivity index (χ3n) is 2.34. The number of rotatable bonds is 4. The number of carbonyl (C=O) groups excluding carboxylic acids is 1. The summed E-state index contributed by atoms with van der Waals surface area (Å²) in [4.78, 5) is 15.7. The van der Waals surface area contributed by atoms with Crippen LogP contribution in [0.25, 0.3) is 0 Å². The van der Waals surface area contributed by atoms with E-state index in [2.05, 4.69) is 10.3 Å². The van der Waals surface area contributed by atoms with Crippen LogP contribution in [0.5, 0.6) is 0 Å². The molecule has 1 aromatic heterocycles. The van der Waals surface area contributed by atoms with Gasteiger partial charge in [0, 0.05) is 18.1 Å². The molecule has 0 saturated carbocycles. The maximum atomic E-state index is 11.7. The summed E-state index contributed by atoms with van der Waals surface area (Å²) in [5, 5.41) is 2.81. The first kappa shape index (κ1) is 12.6. The monoisotopic (exact) mass is 221 g/mol. The van der Waals surface area contributed by atoms with Crippen LogP contribution in [0.4, 0.5) is 5.69 Å². The standard InChI is InChI=1S/C12H19N3O/c1-8(2)6-10(13)12(16)15-11-4-5-14-7-9(11)3/h4-5,7-8,10H,6,13H2,1-3H3,(H,14,15,16)/t10-/m1/s1. The van der Waals surface area contributed by atoms with Crippen LogP contribution in [-0.4, -0.2) is 16.9 Å². The second-order valence-electron chi connectivity index (χ2n) is 4.42. The van der Waals surface area contributed by atoms with Crippen molar-refractivity contribution in [3.63, 3.8) is 0 Å². The predicted molar refractivity (Wildman–Crippen MR) is 65.0 cm³/mol. The average molecular weight is 221 g/mol. The number of aromatic nitrogens is 1. The van der Waals surface area contributed by atoms with Crippen molar-refractivity contribution >= 4 is 11.6 Å². The Morgan fingerprint density at radius 1 is 1.56 bits per heavy atom. The molecule has 0 aliphatic heterocycles. The topological polar surface area (TPSA) is 68.0 Å². The van der Waals surface area contributed by atoms with Gasteiger partial charge in [-0.25, -0.2) is 0 Å². The van der Waals surface area contributed by atoms with E-state index < -0.39 is 6.04 Å². The van der Waals surface area contributed by atoms with E-state index in [-0.39, 0.29) is 5.91 Å². The molecule has 88 valence electrons. The van der Waals surface area contributed by atoms with Crippen LogP contribution in [0.1, 0.15) is 25.8 Å². The fourth-order valence-corrected chi connectivity index (χ4v) is 1.45. The zero-order valence-electron chi connectivity index (χ0n) is 10.0. The molecule has 0 bridgehead atoms. The molecule has 1 atom stereocenters. The van der Waals surface area contributed by atoms with Gasteiger partial charge in [-0.1, -0.05) is 13.8 Å². The van der Waals surface area contributed by atoms with Gasteiger partial charge in [-0.05, 0) is 30.9 Å². The average Bonchev–Trinajstić information content (AvgIpc) is 2.20. The summed E-state index contributed by atoms with van der Waals surface area (Å²) in [7, 11) is 0. The molecule has 16 heavy (non-hydrogen) atoms. The fourth-order valence-electron chi connectivity index (χ4n) is 1.45. The Bertz CT molecular complexity index is 363. The maximum Gasteiger partial charge on any atom is 0.241 e. The van der Waals surface area contributed by atoms with E-state index in [0.29, 0.717) is 12.3 Å². The molecule has 1 aromatic rings. The molecule has 1 amide bonds. The van der Waals surface area contributed by atoms with Crippen LogP contribution in [0.15, 0.2) is 18.5 Å². The first-order chi connectivity index (χ1) is 7.50. The Kier molecular flexibility index (Phi) is 4.43. The van der Waals surface area contributed by atoms with Gasteiger partial charge in [0.05, 0.1) is 6.04 Å². The molecule has 0 spiro atoms. The molecular weight excluding hydrogens is 202 g/mol. The Morgan fingerprint density at radius 2 is 2.25 bits per heavy atom. The van der Waals surface area contributed by atoms with Gasteiger partial charge >= 0.3 is 0 Å². The van der Waals surface area contributed by atoms with E-state index in [1.54, 1.807) is 18.5 Å². The van der Waals surface area contributed by atoms with Crippen LogP contribution >= 0.6 is 0 Å². The van der Waals surface area contributed by atoms with E-state index in [4.69, 9.17) is 5.73 Å². The number of carbonyl (C=O) groups is 1. The van der Waals surface area contributed by atoms with Crippen molar-refractivity contribution < 1.29 is 4.79 Å². The summed E-state index contributed by atoms with van der Waals surface area (Å²) in [6, 6.07) is 1.32. The van der Waals surface area contributed by atoms with E-state index in [1.807, 2.05) is 20.8 Å². The van der Waals surface area contributed by atoms with Gasteiger partial charge in [0.15, 0.2) is 0 Å². The molecule has 1 rings (SSSR count). The summed E-state index contributed by atoms with van der Waals surface area (Å²) in [6.45, 7) is 5.99. The van der Waals surface area contributed by atoms with Crippen molar-refractivity contribution in [2.75, 3.05) is 5.32 Å². The predicted octanol–water partition coefficient (Wildman–Crippen LogP) is 1.70. The number of nitrogens with one attached hydrogen (secondary N) is 1. The highest BCUT2D eigenvalue weighted by atomic mass is 16.2. The Morgan fingerprint density at radius 3 is 2.81 bits per heavy atom. The van der Waals surface area contributed by atoms with Crippen molar-refractivity contribution in [1.82, 2.24) is 4.98 Å². The van der Waals surface area contributed by atoms with Crippen LogP contribution in [0.2, 0.25) is 0 Å². The highest BCUT2D eigenvalue weighted by Crippen LogP contribution is 2.12. The zero-order chi connectivity index (χ0) is 12.1. The lowest BCUT2D eigenvalue weighted by Crippen LogP contribution is -2.36. The first-order valence-electron chi connectivity index (χ1n) is 5.47. The van der Waals surface area contributed by atoms with E-state index in [0.717, 1.165) is 11.3 Å². The smallest absolute Gasteiger partial charge is 0.241 e. The summed E-state index contributed by atoms with van der Waals surface area (Å²) in [5.74, 6) is 0.280. The molecular formula is C12H19N3O. The zero-order valence-corrected chi connectivity index (χ0v) is 10.0. The fraction of sp³-hybridized carbons (Fsp3) is 0.500. The second kappa shape index (κ2) is 5.61. The van der Waals surface area contributed by atoms with E-state index in [9.17, 15) is 4.79 Å². The molecule has 0 radical (unpaired) electrons. The third-order valence-corrected chi connectivity index (χ3v) is 2.34. The molecule has 1 heterocycles. The second-order valence-corrected chi connectivity index (χ2v) is 4.42. The van der Waals surface area contributed by atoms with Crippen molar-refractivity contribution in [3.05, 3.63) is 24.0 Å². The van der Waals surface area contributed by atoms with E-state index in [1.165, 1.54) is 0 Å². The summed E-state index contributed by atoms with van der Waals surface area (Å²) >= 11 is 0. The lowest BCUT2D eigenvalue weighted by atomic mass is 10.0. The van der Waals surface area contributed by atoms with Crippen molar-refractivity contribution in [2.24, 2.45) is 11.7 Å². The van der Waals surface area contributed by atoms with Gasteiger partial charge in [-0.3, -0.25) is 9.78 Å². The number of aryl methyl sites for hydroxylation is 1. The van der Waals surface area contributed by atoms with Crippen molar-refractivity contribution in [1.29, 1.82) is 0 Å². The molecule has 0 aliphatic carbocycles. The number of amides is 1. The lowest BCUT2D eigenvalue weighted by Gasteiger charge is -2.14. The van der Waals surface area contributed by atoms with Crippen LogP contribution < -0.4 is 11.1 Å². The van der Waals surface area contributed by atoms with Crippen LogP contribution in [0.3, 0.4) is 0 Å². The van der Waals surface area contributed by atoms with Gasteiger partial charge in [-0.2, -0.15) is 0 Å². The number of hydrogen-bond acceptors (Lipinski definition) is 3. The van der Waals surface area contributed by atoms with Gasteiger partial charge in [0.2, 0.25) is 5.91 Å². The van der Waals surface area contributed by atoms with Crippen LogP contribution in [-0.2, 0) is 4.79 Å². The quantitative estimate of drug-likeness (QED) is 0.813. The minimum atomic E-state index is -0.451. The first-order valence-corrected chi connectivity index (χ1v) is 5.47. The van der Waals surface area contributed by atoms with Gasteiger partial charge in [-0.15, -0.1) is 0 Å². The molecule has 0 aliphatic rings. The maximum absolute atomic E-state index is 11.7. The number of nitrogens with two attached hydrogens (primary N) is 1. The van der Waals surface area contributed by atoms with Crippen molar-refractivity contribution in [3.8, 4) is 0 Å². The highest BCUT2D eigenvalue weighted by Gasteiger charge is 2.15. The molecule has 4 heteroatoms. The summed E-state index contributed by atoms with van der Waals surface area (Å²) in [5.41, 5.74) is 7.50. The number of nitrogens with zero attached hydrogens (tertiary/aromatic N) is 1. The molecule has 3 N–H and O–H groups in total. The Labute approximate surface area is 96.3 Å². The lowest BCUT2D eigenvalue weighted by molar-refractivity contribution is -0.117. The van der Waals surface area contributed by atoms with E-state index >= 15 is 0 Å². The largest absolute Gasteiger partial charge is 0.324 e. The minimum absolute atomic E-state index is 0.136. The molecule has 0 aromatic carbocycles. The minimum Gasteiger partial charge on any atom is -0.324 e. The molecule has 0 fully saturated rings. The highest BCUT2D eigenvalue weighted by molar-refractivity contribution is 5.95.